The van der Waals surface area contributed by atoms with Crippen molar-refractivity contribution in [1.29, 1.82) is 0 Å². The molecule has 0 bridgehead atoms. The predicted molar refractivity (Wildman–Crippen MR) is 67.2 cm³/mol. The van der Waals surface area contributed by atoms with E-state index in [-0.39, 0.29) is 0 Å². The van der Waals surface area contributed by atoms with Crippen LogP contribution in [0.15, 0.2) is 0 Å². The van der Waals surface area contributed by atoms with Gasteiger partial charge in [-0.15, -0.1) is 0 Å². The maximum Gasteiger partial charge on any atom is 0.0256 e. The van der Waals surface area contributed by atoms with E-state index < -0.39 is 0 Å². The fourth-order valence-corrected chi connectivity index (χ4v) is 1.65. The first-order valence-corrected chi connectivity index (χ1v) is 6.24. The van der Waals surface area contributed by atoms with Crippen molar-refractivity contribution < 1.29 is 0 Å². The predicted octanol–water partition coefficient (Wildman–Crippen LogP) is -2.47. The highest BCUT2D eigenvalue weighted by atomic mass is 15.5. The summed E-state index contributed by atoms with van der Waals surface area (Å²) in [6.07, 6.45) is 0. The Balaban J connectivity index is 2.19. The molecule has 6 N–H and O–H groups in total. The summed E-state index contributed by atoms with van der Waals surface area (Å²) in [5.41, 5.74) is 8.82. The highest BCUT2D eigenvalue weighted by Crippen LogP contribution is 1.81. The molecule has 1 heterocycles. The van der Waals surface area contributed by atoms with Crippen LogP contribution in [-0.2, 0) is 0 Å². The lowest BCUT2D eigenvalue weighted by Crippen LogP contribution is -2.48. The zero-order valence-corrected chi connectivity index (χ0v) is 10.1. The molecule has 16 heavy (non-hydrogen) atoms. The summed E-state index contributed by atoms with van der Waals surface area (Å²) in [5, 5.41) is 12.4. The highest BCUT2D eigenvalue weighted by Gasteiger charge is 2.03. The first kappa shape index (κ1) is 13.8. The Labute approximate surface area is 98.3 Å². The Morgan fingerprint density at radius 3 is 1.88 bits per heavy atom. The van der Waals surface area contributed by atoms with Gasteiger partial charge in [-0.3, -0.25) is 5.43 Å². The van der Waals surface area contributed by atoms with Crippen LogP contribution in [0.5, 0.6) is 0 Å². The van der Waals surface area contributed by atoms with Gasteiger partial charge in [0.2, 0.25) is 0 Å². The second-order valence-electron chi connectivity index (χ2n) is 3.93. The third-order valence-corrected chi connectivity index (χ3v) is 2.55. The lowest BCUT2D eigenvalue weighted by Gasteiger charge is -2.24. The van der Waals surface area contributed by atoms with Crippen molar-refractivity contribution in [2.45, 2.75) is 0 Å². The maximum atomic E-state index is 5.49. The summed E-state index contributed by atoms with van der Waals surface area (Å²) in [7, 11) is 0. The second kappa shape index (κ2) is 9.95. The van der Waals surface area contributed by atoms with Gasteiger partial charge in [-0.25, -0.2) is 5.01 Å². The van der Waals surface area contributed by atoms with Gasteiger partial charge >= 0.3 is 0 Å². The van der Waals surface area contributed by atoms with Gasteiger partial charge in [0.05, 0.1) is 0 Å². The number of hydrogen-bond donors (Lipinski definition) is 5. The van der Waals surface area contributed by atoms with Crippen LogP contribution in [0.2, 0.25) is 0 Å². The molecule has 1 fully saturated rings. The molecule has 0 saturated carbocycles. The van der Waals surface area contributed by atoms with Gasteiger partial charge in [0.25, 0.3) is 0 Å². The molecule has 0 amide bonds. The zero-order valence-electron chi connectivity index (χ0n) is 10.1. The van der Waals surface area contributed by atoms with E-state index in [1.807, 2.05) is 0 Å². The van der Waals surface area contributed by atoms with Crippen molar-refractivity contribution >= 4 is 0 Å². The number of rotatable bonds is 3. The van der Waals surface area contributed by atoms with E-state index in [9.17, 15) is 0 Å². The molecular formula is C10H26N6. The number of nitrogens with two attached hydrogens (primary N) is 1. The van der Waals surface area contributed by atoms with Gasteiger partial charge in [-0.2, -0.15) is 0 Å². The largest absolute Gasteiger partial charge is 0.329 e. The van der Waals surface area contributed by atoms with E-state index in [0.717, 1.165) is 58.9 Å². The van der Waals surface area contributed by atoms with E-state index in [4.69, 9.17) is 5.73 Å². The van der Waals surface area contributed by atoms with Crippen LogP contribution in [0.3, 0.4) is 0 Å². The number of nitrogens with zero attached hydrogens (tertiary/aromatic N) is 1. The Kier molecular flexibility index (Phi) is 8.60. The minimum absolute atomic E-state index is 0.682. The molecule has 1 rings (SSSR count). The first-order chi connectivity index (χ1) is 7.93. The van der Waals surface area contributed by atoms with Gasteiger partial charge in [0.1, 0.15) is 0 Å². The van der Waals surface area contributed by atoms with Gasteiger partial charge < -0.3 is 21.7 Å². The van der Waals surface area contributed by atoms with Gasteiger partial charge in [-0.1, -0.05) is 0 Å². The molecule has 0 radical (unpaired) electrons. The normalized spacial score (nSPS) is 22.3. The Morgan fingerprint density at radius 1 is 0.875 bits per heavy atom. The molecule has 0 atom stereocenters. The van der Waals surface area contributed by atoms with Crippen LogP contribution in [0, 0.1) is 0 Å². The van der Waals surface area contributed by atoms with Crippen molar-refractivity contribution in [3.8, 4) is 0 Å². The molecule has 0 aliphatic carbocycles. The lowest BCUT2D eigenvalue weighted by molar-refractivity contribution is 0.190. The van der Waals surface area contributed by atoms with Gasteiger partial charge in [0.15, 0.2) is 0 Å². The molecule has 0 unspecified atom stereocenters. The number of hydrogen-bond acceptors (Lipinski definition) is 6. The zero-order chi connectivity index (χ0) is 11.5. The Bertz CT molecular complexity index is 142. The topological polar surface area (TPSA) is 77.4 Å². The average molecular weight is 230 g/mol. The highest BCUT2D eigenvalue weighted by molar-refractivity contribution is 4.62. The molecule has 0 aromatic carbocycles. The van der Waals surface area contributed by atoms with E-state index in [1.54, 1.807) is 0 Å². The van der Waals surface area contributed by atoms with Crippen molar-refractivity contribution in [1.82, 2.24) is 26.4 Å². The van der Waals surface area contributed by atoms with E-state index >= 15 is 0 Å². The molecule has 96 valence electrons. The SMILES string of the molecule is NCCNN1CCNCCNCCNCC1. The van der Waals surface area contributed by atoms with Crippen molar-refractivity contribution in [2.75, 3.05) is 65.4 Å². The van der Waals surface area contributed by atoms with Crippen LogP contribution in [0.25, 0.3) is 0 Å². The minimum Gasteiger partial charge on any atom is -0.329 e. The standard InChI is InChI=1S/C10H26N6/c11-1-2-15-16-9-7-13-5-3-12-4-6-14-8-10-16/h12-15H,1-11H2. The summed E-state index contributed by atoms with van der Waals surface area (Å²) >= 11 is 0. The van der Waals surface area contributed by atoms with E-state index in [0.29, 0.717) is 6.54 Å². The lowest BCUT2D eigenvalue weighted by atomic mass is 10.4. The van der Waals surface area contributed by atoms with E-state index in [2.05, 4.69) is 26.4 Å². The summed E-state index contributed by atoms with van der Waals surface area (Å²) < 4.78 is 0. The summed E-state index contributed by atoms with van der Waals surface area (Å²) in [5.74, 6) is 0. The molecule has 1 aliphatic heterocycles. The molecule has 6 nitrogen and oxygen atoms in total. The smallest absolute Gasteiger partial charge is 0.0256 e. The Morgan fingerprint density at radius 2 is 1.38 bits per heavy atom. The van der Waals surface area contributed by atoms with Crippen LogP contribution in [0.4, 0.5) is 0 Å². The van der Waals surface area contributed by atoms with Crippen LogP contribution in [0.1, 0.15) is 0 Å². The molecule has 1 aliphatic rings. The van der Waals surface area contributed by atoms with Crippen LogP contribution in [-0.4, -0.2) is 70.5 Å². The fraction of sp³-hybridized carbons (Fsp3) is 1.00. The third kappa shape index (κ3) is 7.10. The van der Waals surface area contributed by atoms with Crippen LogP contribution >= 0.6 is 0 Å². The first-order valence-electron chi connectivity index (χ1n) is 6.24. The summed E-state index contributed by atoms with van der Waals surface area (Å²) in [4.78, 5) is 0. The molecule has 0 aromatic rings. The van der Waals surface area contributed by atoms with Gasteiger partial charge in [0, 0.05) is 65.4 Å². The second-order valence-corrected chi connectivity index (χ2v) is 3.93. The Hall–Kier alpha value is -0.240. The molecule has 1 saturated heterocycles. The summed E-state index contributed by atoms with van der Waals surface area (Å²) in [6, 6.07) is 0. The summed E-state index contributed by atoms with van der Waals surface area (Å²) in [6.45, 7) is 9.73. The monoisotopic (exact) mass is 230 g/mol. The molecular weight excluding hydrogens is 204 g/mol. The minimum atomic E-state index is 0.682. The average Bonchev–Trinajstić information content (AvgIpc) is 2.28. The van der Waals surface area contributed by atoms with E-state index in [1.165, 1.54) is 0 Å². The fourth-order valence-electron chi connectivity index (χ4n) is 1.65. The maximum absolute atomic E-state index is 5.49. The number of hydrazine groups is 1. The van der Waals surface area contributed by atoms with Gasteiger partial charge in [-0.05, 0) is 0 Å². The third-order valence-electron chi connectivity index (χ3n) is 2.55. The molecule has 0 aromatic heterocycles. The van der Waals surface area contributed by atoms with Crippen LogP contribution < -0.4 is 27.1 Å². The molecule has 0 spiro atoms. The van der Waals surface area contributed by atoms with Crippen molar-refractivity contribution in [3.05, 3.63) is 0 Å². The van der Waals surface area contributed by atoms with Crippen molar-refractivity contribution in [3.63, 3.8) is 0 Å². The van der Waals surface area contributed by atoms with Crippen molar-refractivity contribution in [2.24, 2.45) is 5.73 Å². The number of nitrogens with one attached hydrogen (secondary N) is 4. The quantitative estimate of drug-likeness (QED) is 0.370. The molecule has 6 heteroatoms.